The molecule has 0 saturated heterocycles. The maximum Gasteiger partial charge on any atom is 2.00 e. The van der Waals surface area contributed by atoms with Crippen molar-refractivity contribution in [2.75, 3.05) is 0 Å². The van der Waals surface area contributed by atoms with Crippen LogP contribution >= 0.6 is 0 Å². The number of hydrogen-bond acceptors (Lipinski definition) is 0. The summed E-state index contributed by atoms with van der Waals surface area (Å²) >= 11 is 0. The fourth-order valence-corrected chi connectivity index (χ4v) is 0. The van der Waals surface area contributed by atoms with Crippen LogP contribution in [0.15, 0.2) is 0 Å². The van der Waals surface area contributed by atoms with E-state index in [1.165, 1.54) is 0 Å². The molecule has 0 bridgehead atoms. The zero-order valence-corrected chi connectivity index (χ0v) is 318. The van der Waals surface area contributed by atoms with Crippen LogP contribution in [-0.2, 0) is 2160 Å². The van der Waals surface area contributed by atoms with Crippen molar-refractivity contribution in [2.24, 2.45) is 0 Å². The molecule has 132 heteroatoms. The average Bonchev–Trinajstić information content (AvgIpc) is 0. The first-order valence-corrected chi connectivity index (χ1v) is 0. The minimum absolute atomic E-state index is 0. The second-order valence-corrected chi connectivity index (χ2v) is 0. The van der Waals surface area contributed by atoms with Crippen LogP contribution in [0.25, 0.3) is 0 Å². The molecule has 0 unspecified atom stereocenters. The van der Waals surface area contributed by atoms with Crippen LogP contribution in [0, 0.1) is 0 Å². The molecule has 0 rings (SSSR count). The summed E-state index contributed by atoms with van der Waals surface area (Å²) in [5, 5.41) is 0. The van der Waals surface area contributed by atoms with Crippen molar-refractivity contribution < 1.29 is 1250 Å². The van der Waals surface area contributed by atoms with Gasteiger partial charge < -0.3 is 918 Å². The summed E-state index contributed by atoms with van der Waals surface area (Å²) in [7, 11) is 0. The second kappa shape index (κ2) is 1800. The third kappa shape index (κ3) is 1770. The molecule has 0 heterocycles. The van der Waals surface area contributed by atoms with Gasteiger partial charge in [0, 0.05) is 0 Å². The smallest absolute Gasteiger partial charge is 2.00 e. The van der Waals surface area contributed by atoms with Gasteiger partial charge in [0.2, 0.25) is 0 Å². The molecule has 0 amide bonds. The zero-order valence-electron chi connectivity index (χ0n) is 73.0. The molecule has 132 heavy (non-hydrogen) atoms. The van der Waals surface area contributed by atoms with E-state index in [1.807, 2.05) is 0 Å². The van der Waals surface area contributed by atoms with E-state index < -0.39 is 0 Å². The van der Waals surface area contributed by atoms with Crippen LogP contribution in [-0.4, -0.2) is 0 Å². The molecule has 0 aromatic rings. The van der Waals surface area contributed by atoms with Crippen LogP contribution in [0.1, 0.15) is 0 Å². The molecule has 0 atom stereocenters. The van der Waals surface area contributed by atoms with Crippen molar-refractivity contribution >= 4 is 918 Å². The minimum atomic E-state index is 0. The van der Waals surface area contributed by atoms with Crippen molar-refractivity contribution in [1.29, 1.82) is 0 Å². The Hall–Kier alpha value is 63.7. The molecule has 0 saturated carbocycles. The van der Waals surface area contributed by atoms with E-state index in [9.17, 15) is 0 Å². The quantitative estimate of drug-likeness (QED) is 0.293. The SMILES string of the molecule is [S-2].[S-2].[S-2].[S-2].[S-2].[S-2].[S-2].[S-2].[S-2].[S-2].[S-2].[S-2].[S-2].[S-2].[S-2].[S-2].[S-2].[S-2].[S-2].[S-2].[S-2].[S-2].[S-2].[S-2].[S-2].[S-2].[S-2].[S-2].[S-2].[S-2].[S-2].[S-2].[S-2].[S-2].[S-2].[S-2].[S-2].[S-2].[S-2].[S-2].[S-2].[S-2].[S-2].[S-2].[S-2].[S-2].[S-2].[S-2].[S-2].[S-2].[S-2].[S-2].[S-2].[S-2].[S-2].[S-2].[S-2].[S-2].[S-2].[S-2].[S-2].[S-2].[S-2].[S-2].[S-2].[S-2].[S-2].[S-2].[Zn+2].[Zn+2].[Zn+2].[Zn+2].[Zn+2].[Zn+2].[Zn+2].[Zn+2].[Zn+2].[Zn+2].[Zn+2].[Zn+2].[Zn+2].[Zn+2].[Zn+2].[Zn+2].[Zn+2].[Zn+2].[Zn+2].[Zn+2].[Zn+2].[Zn+2].[Zn+2].[Zn+2].[Zn+2].[Zn+2].[Zn+2].[Zn+2].[Zn+2].[Zn+2].[Zn+2].[Zn+2].[Zn+2].[Zn+2].[Zn+2].[Zn+2].[Zn+2].[Zn+2].[Zn+2].[Zn+2].[Zn+2].[Zn+2].[Zn+2].[Zn+2].[Zn+2].[Zn+2].[Zn+2].[Zn+2].[Zn+2].[Zn+2].[Zn+2].[Zn+2].[Zn+2].[Zn+2].[Zn+2].[Zn+2].[Zn+2].[Zn+2].[Zn+2].[Zn+2].[Zn+2].[Zn+2].[Zn+2].[Zn+2]. The Kier molecular flexibility index (Phi) is 24900. The maximum absolute atomic E-state index is 0. The predicted octanol–water partition coefficient (Wildman–Crippen LogP) is -0.323. The Labute approximate surface area is 2110 Å². The van der Waals surface area contributed by atoms with Gasteiger partial charge in [-0.05, 0) is 0 Å². The van der Waals surface area contributed by atoms with Gasteiger partial charge in [-0.15, -0.1) is 0 Å². The van der Waals surface area contributed by atoms with Crippen LogP contribution in [0.4, 0.5) is 0 Å². The summed E-state index contributed by atoms with van der Waals surface area (Å²) in [5.74, 6) is 0. The van der Waals surface area contributed by atoms with Gasteiger partial charge in [0.1, 0.15) is 0 Å². The first kappa shape index (κ1) is 1830. The van der Waals surface area contributed by atoms with E-state index in [0.29, 0.717) is 0 Å². The zero-order chi connectivity index (χ0) is 0. The molecule has 0 N–H and O–H groups in total. The first-order chi connectivity index (χ1) is 0. The van der Waals surface area contributed by atoms with Crippen LogP contribution < -0.4 is 0 Å². The van der Waals surface area contributed by atoms with Crippen LogP contribution in [0.5, 0.6) is 0 Å². The summed E-state index contributed by atoms with van der Waals surface area (Å²) in [6, 6.07) is 0. The Morgan fingerprint density at radius 3 is 0.0152 bits per heavy atom. The van der Waals surface area contributed by atoms with E-state index in [0.717, 1.165) is 0 Å². The third-order valence-electron chi connectivity index (χ3n) is 0. The molecule has 0 aliphatic heterocycles. The van der Waals surface area contributed by atoms with E-state index in [4.69, 9.17) is 0 Å². The van der Waals surface area contributed by atoms with E-state index >= 15 is 0 Å². The number of hydrogen-bond donors (Lipinski definition) is 0. The van der Waals surface area contributed by atoms with Gasteiger partial charge in [-0.25, -0.2) is 0 Å². The molecule has 0 spiro atoms. The van der Waals surface area contributed by atoms with E-state index in [1.54, 1.807) is 0 Å². The monoisotopic (exact) mass is 6270 g/mol. The number of rotatable bonds is 0. The molecule has 0 aromatic heterocycles. The molecule has 0 aliphatic rings. The minimum Gasteiger partial charge on any atom is -2.00 e. The molecule has 0 fully saturated rings. The molecule has 0 aromatic carbocycles. The average molecular weight is 6370 g/mol. The summed E-state index contributed by atoms with van der Waals surface area (Å²) in [6.07, 6.45) is 0. The largest absolute Gasteiger partial charge is 2.00 e. The van der Waals surface area contributed by atoms with Gasteiger partial charge in [0.05, 0.1) is 0 Å². The Bertz CT molecular complexity index is 132. The van der Waals surface area contributed by atoms with Crippen LogP contribution in [0.2, 0.25) is 0 Å². The summed E-state index contributed by atoms with van der Waals surface area (Å²) in [5.41, 5.74) is 0. The molecule has 0 radical (unpaired) electrons. The fraction of sp³-hybridized carbons (Fsp3) is 0. The Balaban J connectivity index is 0. The topological polar surface area (TPSA) is 0 Å². The Morgan fingerprint density at radius 2 is 0.0152 bits per heavy atom. The Morgan fingerprint density at radius 1 is 0.0152 bits per heavy atom. The van der Waals surface area contributed by atoms with Crippen molar-refractivity contribution in [3.8, 4) is 0 Å². The van der Waals surface area contributed by atoms with Gasteiger partial charge >= 0.3 is 1250 Å². The van der Waals surface area contributed by atoms with Gasteiger partial charge in [-0.1, -0.05) is 0 Å². The molecule has 0 aliphatic carbocycles. The second-order valence-electron chi connectivity index (χ2n) is 0. The van der Waals surface area contributed by atoms with Gasteiger partial charge in [0.15, 0.2) is 0 Å². The van der Waals surface area contributed by atoms with Gasteiger partial charge in [-0.2, -0.15) is 0 Å². The molecular weight excluding hydrogens is 6370 g/mol. The van der Waals surface area contributed by atoms with E-state index in [2.05, 4.69) is 0 Å². The standard InChI is InChI=1S/68S.64Zn/q68*-2;64*+2. The fourth-order valence-electron chi connectivity index (χ4n) is 0. The summed E-state index contributed by atoms with van der Waals surface area (Å²) < 4.78 is 0. The predicted molar refractivity (Wildman–Crippen MR) is 501 cm³/mol. The summed E-state index contributed by atoms with van der Waals surface area (Å²) in [4.78, 5) is 0. The van der Waals surface area contributed by atoms with Crippen LogP contribution in [0.3, 0.4) is 0 Å². The van der Waals surface area contributed by atoms with Crippen molar-refractivity contribution in [1.82, 2.24) is 0 Å². The molecule has 0 nitrogen and oxygen atoms in total. The normalized spacial score (nSPS) is 0. The summed E-state index contributed by atoms with van der Waals surface area (Å²) in [6.45, 7) is 0. The van der Waals surface area contributed by atoms with Gasteiger partial charge in [0.25, 0.3) is 0 Å². The van der Waals surface area contributed by atoms with Gasteiger partial charge in [-0.3, -0.25) is 0 Å². The first-order valence-electron chi connectivity index (χ1n) is 0. The van der Waals surface area contributed by atoms with E-state index in [-0.39, 0.29) is 2160 Å². The molecule has 544 valence electrons. The van der Waals surface area contributed by atoms with Crippen molar-refractivity contribution in [3.63, 3.8) is 0 Å². The third-order valence-corrected chi connectivity index (χ3v) is 0. The van der Waals surface area contributed by atoms with Crippen molar-refractivity contribution in [3.05, 3.63) is 0 Å². The molecular formula is S68Zn64-8. The maximum atomic E-state index is 0. The van der Waals surface area contributed by atoms with Crippen molar-refractivity contribution in [2.45, 2.75) is 0 Å².